The third-order valence-corrected chi connectivity index (χ3v) is 4.10. The lowest BCUT2D eigenvalue weighted by atomic mass is 10.0. The van der Waals surface area contributed by atoms with Gasteiger partial charge in [0.15, 0.2) is 0 Å². The van der Waals surface area contributed by atoms with E-state index in [-0.39, 0.29) is 12.4 Å². The molecule has 1 heterocycles. The highest BCUT2D eigenvalue weighted by Crippen LogP contribution is 2.21. The van der Waals surface area contributed by atoms with Gasteiger partial charge < -0.3 is 14.9 Å². The quantitative estimate of drug-likeness (QED) is 0.779. The van der Waals surface area contributed by atoms with Crippen molar-refractivity contribution >= 4 is 5.97 Å². The lowest BCUT2D eigenvalue weighted by Crippen LogP contribution is -2.40. The Morgan fingerprint density at radius 3 is 2.58 bits per heavy atom. The molecule has 0 radical (unpaired) electrons. The van der Waals surface area contributed by atoms with E-state index in [1.807, 2.05) is 30.3 Å². The van der Waals surface area contributed by atoms with E-state index in [1.54, 1.807) is 6.07 Å². The second-order valence-corrected chi connectivity index (χ2v) is 5.77. The van der Waals surface area contributed by atoms with E-state index in [0.717, 1.165) is 16.7 Å². The highest BCUT2D eigenvalue weighted by molar-refractivity contribution is 5.75. The number of nitrogens with one attached hydrogen (secondary N) is 1. The fourth-order valence-corrected chi connectivity index (χ4v) is 2.75. The molecule has 2 aromatic rings. The van der Waals surface area contributed by atoms with Crippen LogP contribution in [-0.2, 0) is 16.1 Å². The van der Waals surface area contributed by atoms with E-state index in [1.165, 1.54) is 12.1 Å². The molecule has 0 spiro atoms. The maximum Gasteiger partial charge on any atom is 0.323 e. The molecule has 3 N–H and O–H groups in total. The topological polar surface area (TPSA) is 78.8 Å². The number of rotatable bonds is 5. The smallest absolute Gasteiger partial charge is 0.323 e. The SMILES string of the molecule is O=C(O)[C@@H]1NC[C@H](OCc2ccc(-c3cccc(F)c3)cc2)[C@H]1O. The van der Waals surface area contributed by atoms with Gasteiger partial charge in [-0.3, -0.25) is 10.1 Å². The summed E-state index contributed by atoms with van der Waals surface area (Å²) in [5.74, 6) is -1.37. The molecule has 0 saturated carbocycles. The summed E-state index contributed by atoms with van der Waals surface area (Å²) in [6.45, 7) is 0.554. The molecule has 1 saturated heterocycles. The molecule has 1 aliphatic rings. The van der Waals surface area contributed by atoms with Crippen LogP contribution in [0.2, 0.25) is 0 Å². The van der Waals surface area contributed by atoms with Gasteiger partial charge in [0.25, 0.3) is 0 Å². The molecule has 0 unspecified atom stereocenters. The summed E-state index contributed by atoms with van der Waals surface area (Å²) < 4.78 is 18.9. The van der Waals surface area contributed by atoms with Crippen LogP contribution in [0.1, 0.15) is 5.56 Å². The zero-order chi connectivity index (χ0) is 17.1. The van der Waals surface area contributed by atoms with Crippen LogP contribution in [0.15, 0.2) is 48.5 Å². The monoisotopic (exact) mass is 331 g/mol. The van der Waals surface area contributed by atoms with Crippen LogP contribution >= 0.6 is 0 Å². The summed E-state index contributed by atoms with van der Waals surface area (Å²) in [7, 11) is 0. The minimum absolute atomic E-state index is 0.263. The number of ether oxygens (including phenoxy) is 1. The Hall–Kier alpha value is -2.28. The Bertz CT molecular complexity index is 719. The number of aliphatic carboxylic acids is 1. The lowest BCUT2D eigenvalue weighted by Gasteiger charge is -2.16. The summed E-state index contributed by atoms with van der Waals surface area (Å²) in [5.41, 5.74) is 2.58. The predicted molar refractivity (Wildman–Crippen MR) is 85.8 cm³/mol. The maximum atomic E-state index is 13.3. The standard InChI is InChI=1S/C18H18FNO4/c19-14-3-1-2-13(8-14)12-6-4-11(5-7-12)10-24-15-9-20-16(17(15)21)18(22)23/h1-8,15-17,20-21H,9-10H2,(H,22,23)/t15-,16+,17+/m0/s1. The second-order valence-electron chi connectivity index (χ2n) is 5.77. The molecule has 1 aliphatic heterocycles. The first-order chi connectivity index (χ1) is 11.5. The minimum atomic E-state index is -1.09. The summed E-state index contributed by atoms with van der Waals surface area (Å²) in [6, 6.07) is 12.8. The van der Waals surface area contributed by atoms with Crippen molar-refractivity contribution in [3.05, 3.63) is 59.9 Å². The minimum Gasteiger partial charge on any atom is -0.480 e. The molecule has 0 aromatic heterocycles. The summed E-state index contributed by atoms with van der Waals surface area (Å²) >= 11 is 0. The van der Waals surface area contributed by atoms with Crippen molar-refractivity contribution in [1.29, 1.82) is 0 Å². The summed E-state index contributed by atoms with van der Waals surface area (Å²) in [5, 5.41) is 21.6. The molecule has 1 fully saturated rings. The highest BCUT2D eigenvalue weighted by Gasteiger charge is 2.39. The van der Waals surface area contributed by atoms with Gasteiger partial charge in [0, 0.05) is 6.54 Å². The largest absolute Gasteiger partial charge is 0.480 e. The first-order valence-corrected chi connectivity index (χ1v) is 7.65. The van der Waals surface area contributed by atoms with Crippen molar-refractivity contribution in [2.24, 2.45) is 0 Å². The first kappa shape index (κ1) is 16.6. The van der Waals surface area contributed by atoms with E-state index in [2.05, 4.69) is 5.32 Å². The van der Waals surface area contributed by atoms with Gasteiger partial charge in [-0.2, -0.15) is 0 Å². The van der Waals surface area contributed by atoms with Crippen LogP contribution in [0.3, 0.4) is 0 Å². The number of aliphatic hydroxyl groups is 1. The molecule has 5 nitrogen and oxygen atoms in total. The van der Waals surface area contributed by atoms with Crippen LogP contribution in [-0.4, -0.2) is 41.0 Å². The van der Waals surface area contributed by atoms with Gasteiger partial charge in [0.2, 0.25) is 0 Å². The molecular weight excluding hydrogens is 313 g/mol. The van der Waals surface area contributed by atoms with Gasteiger partial charge in [0.1, 0.15) is 18.0 Å². The average molecular weight is 331 g/mol. The van der Waals surface area contributed by atoms with Gasteiger partial charge >= 0.3 is 5.97 Å². The van der Waals surface area contributed by atoms with Gasteiger partial charge in [-0.05, 0) is 28.8 Å². The van der Waals surface area contributed by atoms with E-state index < -0.39 is 24.2 Å². The Kier molecular flexibility index (Phi) is 4.89. The molecule has 3 rings (SSSR count). The molecule has 0 bridgehead atoms. The fourth-order valence-electron chi connectivity index (χ4n) is 2.75. The van der Waals surface area contributed by atoms with Crippen LogP contribution in [0.4, 0.5) is 4.39 Å². The van der Waals surface area contributed by atoms with Gasteiger partial charge in [-0.25, -0.2) is 4.39 Å². The molecule has 2 aromatic carbocycles. The van der Waals surface area contributed by atoms with E-state index >= 15 is 0 Å². The Morgan fingerprint density at radius 1 is 1.21 bits per heavy atom. The van der Waals surface area contributed by atoms with Crippen LogP contribution in [0.5, 0.6) is 0 Å². The van der Waals surface area contributed by atoms with Crippen LogP contribution < -0.4 is 5.32 Å². The number of carboxylic acid groups (broad SMARTS) is 1. The number of halogens is 1. The number of carboxylic acids is 1. The number of carbonyl (C=O) groups is 1. The molecule has 3 atom stereocenters. The van der Waals surface area contributed by atoms with Crippen molar-refractivity contribution in [3.63, 3.8) is 0 Å². The van der Waals surface area contributed by atoms with Crippen molar-refractivity contribution < 1.29 is 24.1 Å². The molecule has 0 amide bonds. The first-order valence-electron chi connectivity index (χ1n) is 7.65. The van der Waals surface area contributed by atoms with E-state index in [0.29, 0.717) is 6.54 Å². The van der Waals surface area contributed by atoms with Crippen molar-refractivity contribution in [2.75, 3.05) is 6.54 Å². The Morgan fingerprint density at radius 2 is 1.96 bits per heavy atom. The number of hydrogen-bond acceptors (Lipinski definition) is 4. The normalized spacial score (nSPS) is 23.3. The van der Waals surface area contributed by atoms with Crippen molar-refractivity contribution in [2.45, 2.75) is 24.9 Å². The Labute approximate surface area is 138 Å². The molecule has 24 heavy (non-hydrogen) atoms. The van der Waals surface area contributed by atoms with E-state index in [9.17, 15) is 14.3 Å². The number of benzene rings is 2. The van der Waals surface area contributed by atoms with Gasteiger partial charge in [0.05, 0.1) is 12.7 Å². The second kappa shape index (κ2) is 7.09. The van der Waals surface area contributed by atoms with Gasteiger partial charge in [-0.1, -0.05) is 36.4 Å². The third kappa shape index (κ3) is 3.62. The third-order valence-electron chi connectivity index (χ3n) is 4.10. The van der Waals surface area contributed by atoms with Crippen LogP contribution in [0, 0.1) is 5.82 Å². The van der Waals surface area contributed by atoms with Crippen molar-refractivity contribution in [3.8, 4) is 11.1 Å². The lowest BCUT2D eigenvalue weighted by molar-refractivity contribution is -0.142. The summed E-state index contributed by atoms with van der Waals surface area (Å²) in [4.78, 5) is 10.9. The van der Waals surface area contributed by atoms with Crippen LogP contribution in [0.25, 0.3) is 11.1 Å². The summed E-state index contributed by atoms with van der Waals surface area (Å²) in [6.07, 6.45) is -1.64. The van der Waals surface area contributed by atoms with Gasteiger partial charge in [-0.15, -0.1) is 0 Å². The predicted octanol–water partition coefficient (Wildman–Crippen LogP) is 1.80. The zero-order valence-corrected chi connectivity index (χ0v) is 12.9. The molecule has 126 valence electrons. The molecular formula is C18H18FNO4. The van der Waals surface area contributed by atoms with Crippen molar-refractivity contribution in [1.82, 2.24) is 5.32 Å². The molecule has 6 heteroatoms. The highest BCUT2D eigenvalue weighted by atomic mass is 19.1. The Balaban J connectivity index is 1.60. The number of aliphatic hydroxyl groups excluding tert-OH is 1. The zero-order valence-electron chi connectivity index (χ0n) is 12.9. The number of hydrogen-bond donors (Lipinski definition) is 3. The maximum absolute atomic E-state index is 13.3. The van der Waals surface area contributed by atoms with E-state index in [4.69, 9.17) is 9.84 Å². The average Bonchev–Trinajstić information content (AvgIpc) is 2.94. The fraction of sp³-hybridized carbons (Fsp3) is 0.278. The molecule has 0 aliphatic carbocycles.